The number of hydrogen-bond donors (Lipinski definition) is 4. The van der Waals surface area contributed by atoms with Crippen LogP contribution < -0.4 is 0 Å². The minimum Gasteiger partial charge on any atom is -0.358 e. The van der Waals surface area contributed by atoms with Gasteiger partial charge in [-0.3, -0.25) is 0 Å². The maximum Gasteiger partial charge on any atom is 0.343 e. The van der Waals surface area contributed by atoms with Crippen LogP contribution in [0.3, 0.4) is 0 Å². The highest BCUT2D eigenvalue weighted by atomic mass is 16.6. The minimum absolute atomic E-state index is 0.0162. The number of nitrogens with zero attached hydrogens (tertiary/aromatic N) is 5. The largest absolute Gasteiger partial charge is 0.358 e. The molecular weight excluding hydrogens is 398 g/mol. The Bertz CT molecular complexity index is 1020. The van der Waals surface area contributed by atoms with Gasteiger partial charge in [0.25, 0.3) is 0 Å². The van der Waals surface area contributed by atoms with Gasteiger partial charge in [0.05, 0.1) is 5.69 Å². The summed E-state index contributed by atoms with van der Waals surface area (Å²) in [7, 11) is 0. The van der Waals surface area contributed by atoms with Gasteiger partial charge in [0, 0.05) is 36.9 Å². The monoisotopic (exact) mass is 429 g/mol. The van der Waals surface area contributed by atoms with E-state index in [9.17, 15) is 10.1 Å². The van der Waals surface area contributed by atoms with E-state index in [0.29, 0.717) is 11.5 Å². The fourth-order valence-electron chi connectivity index (χ4n) is 2.38. The molecule has 0 unspecified atom stereocenters. The van der Waals surface area contributed by atoms with Crippen molar-refractivity contribution in [1.82, 2.24) is 39.9 Å². The number of hydrogen-bond acceptors (Lipinski definition) is 6. The lowest BCUT2D eigenvalue weighted by Crippen LogP contribution is -1.89. The fourth-order valence-corrected chi connectivity index (χ4v) is 2.38. The van der Waals surface area contributed by atoms with Crippen molar-refractivity contribution >= 4 is 5.82 Å². The van der Waals surface area contributed by atoms with E-state index < -0.39 is 4.92 Å². The van der Waals surface area contributed by atoms with Crippen LogP contribution in [0.1, 0.15) is 46.1 Å². The van der Waals surface area contributed by atoms with Crippen molar-refractivity contribution < 1.29 is 4.92 Å². The fraction of sp³-hybridized carbons (Fsp3) is 0.400. The smallest absolute Gasteiger partial charge is 0.343 e. The van der Waals surface area contributed by atoms with Crippen LogP contribution >= 0.6 is 0 Å². The first-order valence-electron chi connectivity index (χ1n) is 9.61. The summed E-state index contributed by atoms with van der Waals surface area (Å²) in [6, 6.07) is 0. The highest BCUT2D eigenvalue weighted by Gasteiger charge is 2.12. The Hall–Kier alpha value is -3.76. The molecule has 0 aliphatic rings. The molecule has 0 amide bonds. The van der Waals surface area contributed by atoms with Gasteiger partial charge in [0.1, 0.15) is 23.2 Å². The molecule has 4 aromatic heterocycles. The number of H-pyrrole nitrogens is 4. The second-order valence-corrected chi connectivity index (χ2v) is 6.87. The topological polar surface area (TPSA) is 158 Å². The summed E-state index contributed by atoms with van der Waals surface area (Å²) in [4.78, 5) is 37.1. The average Bonchev–Trinajstić information content (AvgIpc) is 3.43. The Labute approximate surface area is 181 Å². The standard InChI is InChI=1S/C6H10N2.C5H7N3O2.C5H8N2.C4H6N2/c1-4-5(2)8-6(3)7-4;1-3-5(8(9)10)7-4(2)6-3;1-4-3-6-5(2)7-4;1-4-5-2-3-6-4/h1-3H3,(H,7,8);1-2H3,(H,6,7);3H,1-2H3,(H,6,7);2-3H,1H3,(H,5,6). The molecule has 4 aromatic rings. The zero-order chi connectivity index (χ0) is 23.6. The highest BCUT2D eigenvalue weighted by molar-refractivity contribution is 5.25. The quantitative estimate of drug-likeness (QED) is 0.264. The van der Waals surface area contributed by atoms with Crippen molar-refractivity contribution in [3.05, 3.63) is 74.8 Å². The van der Waals surface area contributed by atoms with E-state index in [4.69, 9.17) is 0 Å². The van der Waals surface area contributed by atoms with E-state index >= 15 is 0 Å². The molecule has 0 bridgehead atoms. The zero-order valence-corrected chi connectivity index (χ0v) is 19.3. The van der Waals surface area contributed by atoms with Gasteiger partial charge in [-0.05, 0) is 53.4 Å². The molecule has 168 valence electrons. The summed E-state index contributed by atoms with van der Waals surface area (Å²) in [5.74, 6) is 3.51. The number of aromatic amines is 4. The molecule has 31 heavy (non-hydrogen) atoms. The van der Waals surface area contributed by atoms with Crippen molar-refractivity contribution in [2.24, 2.45) is 0 Å². The average molecular weight is 430 g/mol. The number of aryl methyl sites for hydroxylation is 8. The molecule has 4 rings (SSSR count). The van der Waals surface area contributed by atoms with Crippen LogP contribution in [-0.4, -0.2) is 44.8 Å². The molecule has 0 radical (unpaired) electrons. The molecule has 11 nitrogen and oxygen atoms in total. The summed E-state index contributed by atoms with van der Waals surface area (Å²) in [5, 5.41) is 10.2. The third kappa shape index (κ3) is 9.52. The molecule has 4 N–H and O–H groups in total. The normalized spacial score (nSPS) is 9.55. The van der Waals surface area contributed by atoms with Crippen LogP contribution in [0.2, 0.25) is 0 Å². The van der Waals surface area contributed by atoms with Crippen molar-refractivity contribution in [3.8, 4) is 0 Å². The van der Waals surface area contributed by atoms with Crippen molar-refractivity contribution in [3.63, 3.8) is 0 Å². The molecule has 0 aliphatic carbocycles. The lowest BCUT2D eigenvalue weighted by Gasteiger charge is -1.87. The summed E-state index contributed by atoms with van der Waals surface area (Å²) in [6.07, 6.45) is 5.35. The lowest BCUT2D eigenvalue weighted by molar-refractivity contribution is -0.389. The molecular formula is C20H31N9O2. The maximum atomic E-state index is 10.2. The molecule has 11 heteroatoms. The van der Waals surface area contributed by atoms with Crippen LogP contribution in [0.25, 0.3) is 0 Å². The minimum atomic E-state index is -0.477. The molecule has 0 spiro atoms. The van der Waals surface area contributed by atoms with Gasteiger partial charge < -0.3 is 25.1 Å². The summed E-state index contributed by atoms with van der Waals surface area (Å²) in [6.45, 7) is 15.1. The zero-order valence-electron chi connectivity index (χ0n) is 19.3. The van der Waals surface area contributed by atoms with Gasteiger partial charge >= 0.3 is 5.82 Å². The van der Waals surface area contributed by atoms with Crippen molar-refractivity contribution in [2.45, 2.75) is 55.4 Å². The Kier molecular flexibility index (Phi) is 9.83. The number of imidazole rings is 4. The number of aromatic nitrogens is 8. The predicted octanol–water partition coefficient (Wildman–Crippen LogP) is 4.01. The van der Waals surface area contributed by atoms with Gasteiger partial charge in [-0.1, -0.05) is 0 Å². The molecule has 0 atom stereocenters. The van der Waals surface area contributed by atoms with Crippen LogP contribution in [0.4, 0.5) is 5.82 Å². The van der Waals surface area contributed by atoms with E-state index in [1.54, 1.807) is 26.2 Å². The van der Waals surface area contributed by atoms with Crippen LogP contribution in [-0.2, 0) is 0 Å². The number of rotatable bonds is 1. The van der Waals surface area contributed by atoms with Gasteiger partial charge in [0.15, 0.2) is 5.82 Å². The second kappa shape index (κ2) is 12.1. The first-order valence-corrected chi connectivity index (χ1v) is 9.61. The van der Waals surface area contributed by atoms with Gasteiger partial charge in [-0.2, -0.15) is 0 Å². The Morgan fingerprint density at radius 3 is 1.55 bits per heavy atom. The van der Waals surface area contributed by atoms with Gasteiger partial charge in [-0.25, -0.2) is 24.9 Å². The molecule has 0 fully saturated rings. The molecule has 0 aromatic carbocycles. The van der Waals surface area contributed by atoms with Crippen molar-refractivity contribution in [1.29, 1.82) is 0 Å². The predicted molar refractivity (Wildman–Crippen MR) is 119 cm³/mol. The first-order chi connectivity index (χ1) is 14.5. The van der Waals surface area contributed by atoms with E-state index in [1.807, 2.05) is 47.7 Å². The second-order valence-electron chi connectivity index (χ2n) is 6.87. The Morgan fingerprint density at radius 2 is 1.39 bits per heavy atom. The summed E-state index contributed by atoms with van der Waals surface area (Å²) >= 11 is 0. The summed E-state index contributed by atoms with van der Waals surface area (Å²) < 4.78 is 0. The third-order valence-electron chi connectivity index (χ3n) is 3.87. The lowest BCUT2D eigenvalue weighted by atomic mass is 10.4. The first kappa shape index (κ1) is 25.3. The highest BCUT2D eigenvalue weighted by Crippen LogP contribution is 2.12. The molecule has 0 saturated heterocycles. The van der Waals surface area contributed by atoms with Gasteiger partial charge in [0.2, 0.25) is 0 Å². The van der Waals surface area contributed by atoms with Crippen LogP contribution in [0.5, 0.6) is 0 Å². The van der Waals surface area contributed by atoms with Crippen LogP contribution in [0, 0.1) is 65.5 Å². The van der Waals surface area contributed by atoms with Crippen molar-refractivity contribution in [2.75, 3.05) is 0 Å². The maximum absolute atomic E-state index is 10.2. The number of nitrogens with one attached hydrogen (secondary N) is 4. The van der Waals surface area contributed by atoms with Gasteiger partial charge in [-0.15, -0.1) is 0 Å². The SMILES string of the molecule is Cc1cnc(C)[nH]1.Cc1nc(C)c(C)[nH]1.Cc1nc(C)c([N+](=O)[O-])[nH]1.Cc1ncc[nH]1. The summed E-state index contributed by atoms with van der Waals surface area (Å²) in [5.41, 5.74) is 3.82. The van der Waals surface area contributed by atoms with E-state index in [1.165, 1.54) is 5.69 Å². The van der Waals surface area contributed by atoms with E-state index in [0.717, 1.165) is 28.9 Å². The molecule has 0 aliphatic heterocycles. The molecule has 0 saturated carbocycles. The van der Waals surface area contributed by atoms with Crippen LogP contribution in [0.15, 0.2) is 18.6 Å². The van der Waals surface area contributed by atoms with E-state index in [2.05, 4.69) is 39.9 Å². The Morgan fingerprint density at radius 1 is 0.774 bits per heavy atom. The number of nitro groups is 1. The molecule has 4 heterocycles. The van der Waals surface area contributed by atoms with E-state index in [-0.39, 0.29) is 5.82 Å². The third-order valence-corrected chi connectivity index (χ3v) is 3.87. The Balaban J connectivity index is 0.000000210.